The van der Waals surface area contributed by atoms with Crippen LogP contribution in [0.25, 0.3) is 22.0 Å². The van der Waals surface area contributed by atoms with E-state index in [0.717, 1.165) is 22.0 Å². The van der Waals surface area contributed by atoms with Crippen molar-refractivity contribution in [3.63, 3.8) is 0 Å². The zero-order chi connectivity index (χ0) is 13.4. The summed E-state index contributed by atoms with van der Waals surface area (Å²) in [6, 6.07) is 15.2. The predicted molar refractivity (Wildman–Crippen MR) is 82.7 cm³/mol. The number of pyridine rings is 1. The second-order valence-electron chi connectivity index (χ2n) is 4.20. The van der Waals surface area contributed by atoms with Crippen molar-refractivity contribution in [1.82, 2.24) is 4.98 Å². The Kier molecular flexibility index (Phi) is 3.17. The molecule has 3 aromatic rings. The summed E-state index contributed by atoms with van der Waals surface area (Å²) in [5.74, 6) is 0. The van der Waals surface area contributed by atoms with Gasteiger partial charge in [0.25, 0.3) is 5.56 Å². The van der Waals surface area contributed by atoms with Crippen LogP contribution in [0.3, 0.4) is 0 Å². The molecule has 0 bridgehead atoms. The van der Waals surface area contributed by atoms with E-state index in [-0.39, 0.29) is 5.56 Å². The smallest absolute Gasteiger partial charge is 0.263 e. The van der Waals surface area contributed by atoms with Crippen LogP contribution in [-0.4, -0.2) is 4.98 Å². The molecule has 0 aliphatic rings. The number of benzene rings is 2. The van der Waals surface area contributed by atoms with Gasteiger partial charge < -0.3 is 4.98 Å². The SMILES string of the molecule is O=c1[nH]c2ccc(Cl)cc2c(-c2ccccc2)c1Br. The van der Waals surface area contributed by atoms with Crippen molar-refractivity contribution in [1.29, 1.82) is 0 Å². The van der Waals surface area contributed by atoms with Gasteiger partial charge >= 0.3 is 0 Å². The lowest BCUT2D eigenvalue weighted by atomic mass is 10.0. The van der Waals surface area contributed by atoms with Crippen molar-refractivity contribution in [2.75, 3.05) is 0 Å². The minimum Gasteiger partial charge on any atom is -0.321 e. The van der Waals surface area contributed by atoms with Gasteiger partial charge in [-0.25, -0.2) is 0 Å². The van der Waals surface area contributed by atoms with Gasteiger partial charge in [-0.05, 0) is 39.7 Å². The van der Waals surface area contributed by atoms with Gasteiger partial charge in [0.2, 0.25) is 0 Å². The number of H-pyrrole nitrogens is 1. The first kappa shape index (κ1) is 12.5. The number of hydrogen-bond donors (Lipinski definition) is 1. The van der Waals surface area contributed by atoms with E-state index in [9.17, 15) is 4.79 Å². The Morgan fingerprint density at radius 3 is 2.53 bits per heavy atom. The highest BCUT2D eigenvalue weighted by molar-refractivity contribution is 9.10. The zero-order valence-electron chi connectivity index (χ0n) is 9.78. The molecule has 1 heterocycles. The minimum atomic E-state index is -0.145. The molecule has 0 aliphatic carbocycles. The molecule has 2 aromatic carbocycles. The molecule has 0 saturated heterocycles. The van der Waals surface area contributed by atoms with Gasteiger partial charge in [0.05, 0.1) is 4.47 Å². The Balaban J connectivity index is 2.48. The molecule has 94 valence electrons. The summed E-state index contributed by atoms with van der Waals surface area (Å²) in [4.78, 5) is 14.8. The Bertz CT molecular complexity index is 811. The molecule has 0 amide bonds. The molecule has 0 radical (unpaired) electrons. The van der Waals surface area contributed by atoms with E-state index in [0.29, 0.717) is 9.50 Å². The molecule has 0 fully saturated rings. The maximum atomic E-state index is 12.0. The fraction of sp³-hybridized carbons (Fsp3) is 0. The summed E-state index contributed by atoms with van der Waals surface area (Å²) in [6.07, 6.45) is 0. The summed E-state index contributed by atoms with van der Waals surface area (Å²) in [7, 11) is 0. The van der Waals surface area contributed by atoms with E-state index >= 15 is 0 Å². The fourth-order valence-corrected chi connectivity index (χ4v) is 2.84. The normalized spacial score (nSPS) is 10.8. The average Bonchev–Trinajstić information content (AvgIpc) is 2.42. The average molecular weight is 335 g/mol. The maximum Gasteiger partial charge on any atom is 0.263 e. The largest absolute Gasteiger partial charge is 0.321 e. The molecular formula is C15H9BrClNO. The lowest BCUT2D eigenvalue weighted by Gasteiger charge is -2.09. The third-order valence-corrected chi connectivity index (χ3v) is 3.97. The van der Waals surface area contributed by atoms with Crippen molar-refractivity contribution in [3.05, 3.63) is 68.4 Å². The third-order valence-electron chi connectivity index (χ3n) is 2.98. The van der Waals surface area contributed by atoms with Gasteiger partial charge in [-0.15, -0.1) is 0 Å². The molecule has 0 spiro atoms. The summed E-state index contributed by atoms with van der Waals surface area (Å²) >= 11 is 9.44. The first-order valence-electron chi connectivity index (χ1n) is 5.73. The molecule has 1 N–H and O–H groups in total. The van der Waals surface area contributed by atoms with Crippen molar-refractivity contribution >= 4 is 38.4 Å². The Morgan fingerprint density at radius 1 is 1.05 bits per heavy atom. The van der Waals surface area contributed by atoms with E-state index in [4.69, 9.17) is 11.6 Å². The van der Waals surface area contributed by atoms with Crippen LogP contribution in [0.5, 0.6) is 0 Å². The van der Waals surface area contributed by atoms with Crippen LogP contribution in [-0.2, 0) is 0 Å². The number of halogens is 2. The topological polar surface area (TPSA) is 32.9 Å². The molecule has 2 nitrogen and oxygen atoms in total. The second-order valence-corrected chi connectivity index (χ2v) is 5.43. The molecular weight excluding hydrogens is 326 g/mol. The van der Waals surface area contributed by atoms with Crippen LogP contribution < -0.4 is 5.56 Å². The van der Waals surface area contributed by atoms with Gasteiger partial charge in [0.15, 0.2) is 0 Å². The van der Waals surface area contributed by atoms with Gasteiger partial charge in [0.1, 0.15) is 0 Å². The number of hydrogen-bond acceptors (Lipinski definition) is 1. The Labute approximate surface area is 123 Å². The molecule has 0 atom stereocenters. The van der Waals surface area contributed by atoms with E-state index in [1.807, 2.05) is 42.5 Å². The number of nitrogens with one attached hydrogen (secondary N) is 1. The zero-order valence-corrected chi connectivity index (χ0v) is 12.1. The van der Waals surface area contributed by atoms with E-state index in [2.05, 4.69) is 20.9 Å². The van der Waals surface area contributed by atoms with Gasteiger partial charge in [-0.1, -0.05) is 41.9 Å². The number of aromatic amines is 1. The van der Waals surface area contributed by atoms with E-state index in [1.165, 1.54) is 0 Å². The highest BCUT2D eigenvalue weighted by Gasteiger charge is 2.12. The highest BCUT2D eigenvalue weighted by atomic mass is 79.9. The molecule has 0 saturated carbocycles. The number of fused-ring (bicyclic) bond motifs is 1. The van der Waals surface area contributed by atoms with Crippen LogP contribution in [0.1, 0.15) is 0 Å². The minimum absolute atomic E-state index is 0.145. The lowest BCUT2D eigenvalue weighted by molar-refractivity contribution is 1.28. The predicted octanol–water partition coefficient (Wildman–Crippen LogP) is 4.61. The van der Waals surface area contributed by atoms with E-state index in [1.54, 1.807) is 6.07 Å². The van der Waals surface area contributed by atoms with Crippen molar-refractivity contribution in [2.24, 2.45) is 0 Å². The quantitative estimate of drug-likeness (QED) is 0.692. The highest BCUT2D eigenvalue weighted by Crippen LogP contribution is 2.33. The first-order chi connectivity index (χ1) is 9.16. The first-order valence-corrected chi connectivity index (χ1v) is 6.90. The second kappa shape index (κ2) is 4.83. The maximum absolute atomic E-state index is 12.0. The Morgan fingerprint density at radius 2 is 1.79 bits per heavy atom. The fourth-order valence-electron chi connectivity index (χ4n) is 2.13. The standard InChI is InChI=1S/C15H9BrClNO/c16-14-13(9-4-2-1-3-5-9)11-8-10(17)6-7-12(11)18-15(14)19/h1-8H,(H,18,19). The summed E-state index contributed by atoms with van der Waals surface area (Å²) in [5.41, 5.74) is 2.47. The van der Waals surface area contributed by atoms with Crippen LogP contribution in [0.4, 0.5) is 0 Å². The van der Waals surface area contributed by atoms with Crippen molar-refractivity contribution < 1.29 is 0 Å². The van der Waals surface area contributed by atoms with Crippen LogP contribution in [0, 0.1) is 0 Å². The Hall–Kier alpha value is -1.58. The summed E-state index contributed by atoms with van der Waals surface area (Å²) in [6.45, 7) is 0. The summed E-state index contributed by atoms with van der Waals surface area (Å²) in [5, 5.41) is 1.56. The van der Waals surface area contributed by atoms with Gasteiger partial charge in [-0.2, -0.15) is 0 Å². The van der Waals surface area contributed by atoms with Crippen molar-refractivity contribution in [2.45, 2.75) is 0 Å². The molecule has 4 heteroatoms. The van der Waals surface area contributed by atoms with Crippen molar-refractivity contribution in [3.8, 4) is 11.1 Å². The summed E-state index contributed by atoms with van der Waals surface area (Å²) < 4.78 is 0.522. The lowest BCUT2D eigenvalue weighted by Crippen LogP contribution is -2.08. The monoisotopic (exact) mass is 333 g/mol. The van der Waals surface area contributed by atoms with Crippen LogP contribution in [0.15, 0.2) is 57.8 Å². The van der Waals surface area contributed by atoms with Crippen LogP contribution >= 0.6 is 27.5 Å². The van der Waals surface area contributed by atoms with Gasteiger partial charge in [0, 0.05) is 21.5 Å². The number of aromatic nitrogens is 1. The number of rotatable bonds is 1. The third kappa shape index (κ3) is 2.20. The van der Waals surface area contributed by atoms with Crippen LogP contribution in [0.2, 0.25) is 5.02 Å². The molecule has 3 rings (SSSR count). The molecule has 19 heavy (non-hydrogen) atoms. The molecule has 0 aliphatic heterocycles. The van der Waals surface area contributed by atoms with Gasteiger partial charge in [-0.3, -0.25) is 4.79 Å². The van der Waals surface area contributed by atoms with E-state index < -0.39 is 0 Å². The molecule has 1 aromatic heterocycles. The molecule has 0 unspecified atom stereocenters.